The Bertz CT molecular complexity index is 1020. The molecule has 0 aliphatic carbocycles. The number of pyridine rings is 1. The van der Waals surface area contributed by atoms with Crippen LogP contribution >= 0.6 is 0 Å². The fourth-order valence-corrected chi connectivity index (χ4v) is 3.58. The quantitative estimate of drug-likeness (QED) is 0.718. The van der Waals surface area contributed by atoms with Gasteiger partial charge in [0.2, 0.25) is 0 Å². The van der Waals surface area contributed by atoms with Crippen LogP contribution < -0.4 is 15.0 Å². The van der Waals surface area contributed by atoms with Gasteiger partial charge in [0.05, 0.1) is 12.8 Å². The molecule has 0 unspecified atom stereocenters. The normalized spacial score (nSPS) is 13.0. The predicted molar refractivity (Wildman–Crippen MR) is 112 cm³/mol. The van der Waals surface area contributed by atoms with E-state index in [1.807, 2.05) is 54.3 Å². The van der Waals surface area contributed by atoms with Gasteiger partial charge in [0.15, 0.2) is 0 Å². The Labute approximate surface area is 165 Å². The summed E-state index contributed by atoms with van der Waals surface area (Å²) in [5.41, 5.74) is 5.40. The van der Waals surface area contributed by atoms with Crippen molar-refractivity contribution in [3.05, 3.63) is 77.6 Å². The molecule has 0 bridgehead atoms. The zero-order valence-corrected chi connectivity index (χ0v) is 16.1. The monoisotopic (exact) mass is 373 g/mol. The third kappa shape index (κ3) is 3.56. The zero-order chi connectivity index (χ0) is 19.5. The zero-order valence-electron chi connectivity index (χ0n) is 16.1. The number of nitrogens with one attached hydrogen (secondary N) is 1. The number of carbonyl (C=O) groups excluding carboxylic acids is 1. The number of benzene rings is 2. The highest BCUT2D eigenvalue weighted by molar-refractivity contribution is 6.06. The van der Waals surface area contributed by atoms with Crippen LogP contribution in [0, 0.1) is 6.92 Å². The first-order valence-electron chi connectivity index (χ1n) is 9.43. The topological polar surface area (TPSA) is 54.5 Å². The van der Waals surface area contributed by atoms with Gasteiger partial charge < -0.3 is 15.0 Å². The molecule has 4 rings (SSSR count). The van der Waals surface area contributed by atoms with E-state index in [0.29, 0.717) is 12.2 Å². The molecule has 1 aliphatic heterocycles. The van der Waals surface area contributed by atoms with E-state index in [4.69, 9.17) is 4.74 Å². The lowest BCUT2D eigenvalue weighted by Crippen LogP contribution is -2.35. The van der Waals surface area contributed by atoms with E-state index >= 15 is 0 Å². The Hall–Kier alpha value is -3.34. The van der Waals surface area contributed by atoms with Crippen molar-refractivity contribution in [1.29, 1.82) is 0 Å². The molecule has 0 fully saturated rings. The summed E-state index contributed by atoms with van der Waals surface area (Å²) < 4.78 is 5.43. The number of nitrogens with zero attached hydrogens (tertiary/aromatic N) is 2. The molecular formula is C23H23N3O2. The van der Waals surface area contributed by atoms with Crippen molar-refractivity contribution < 1.29 is 9.53 Å². The molecule has 0 atom stereocenters. The molecule has 1 amide bonds. The van der Waals surface area contributed by atoms with Gasteiger partial charge in [0, 0.05) is 24.1 Å². The van der Waals surface area contributed by atoms with Gasteiger partial charge in [-0.05, 0) is 61.2 Å². The van der Waals surface area contributed by atoms with Crippen molar-refractivity contribution in [2.45, 2.75) is 19.8 Å². The van der Waals surface area contributed by atoms with Crippen LogP contribution in [0.25, 0.3) is 0 Å². The van der Waals surface area contributed by atoms with Gasteiger partial charge >= 0.3 is 0 Å². The molecule has 1 aliphatic rings. The number of hydrogen-bond acceptors (Lipinski definition) is 4. The lowest BCUT2D eigenvalue weighted by molar-refractivity contribution is 0.0980. The number of para-hydroxylation sites is 1. The first kappa shape index (κ1) is 18.0. The number of carbonyl (C=O) groups is 1. The molecule has 142 valence electrons. The molecule has 5 heteroatoms. The number of ether oxygens (including phenoxy) is 1. The molecule has 0 radical (unpaired) electrons. The van der Waals surface area contributed by atoms with Crippen LogP contribution in [0.4, 0.5) is 17.1 Å². The molecule has 0 spiro atoms. The highest BCUT2D eigenvalue weighted by Gasteiger charge is 2.24. The largest absolute Gasteiger partial charge is 0.495 e. The maximum Gasteiger partial charge on any atom is 0.276 e. The van der Waals surface area contributed by atoms with Gasteiger partial charge in [-0.1, -0.05) is 24.3 Å². The van der Waals surface area contributed by atoms with E-state index in [9.17, 15) is 4.79 Å². The van der Waals surface area contributed by atoms with Crippen molar-refractivity contribution in [3.63, 3.8) is 0 Å². The number of aromatic nitrogens is 1. The Morgan fingerprint density at radius 2 is 2.00 bits per heavy atom. The van der Waals surface area contributed by atoms with Crippen molar-refractivity contribution in [3.8, 4) is 5.75 Å². The summed E-state index contributed by atoms with van der Waals surface area (Å²) >= 11 is 0. The Kier molecular flexibility index (Phi) is 4.98. The van der Waals surface area contributed by atoms with Gasteiger partial charge in [0.25, 0.3) is 5.91 Å². The Morgan fingerprint density at radius 1 is 1.14 bits per heavy atom. The first-order chi connectivity index (χ1) is 13.7. The van der Waals surface area contributed by atoms with Crippen LogP contribution in [0.1, 0.15) is 28.0 Å². The summed E-state index contributed by atoms with van der Waals surface area (Å²) in [5.74, 6) is 0.673. The molecule has 5 nitrogen and oxygen atoms in total. The number of hydrogen-bond donors (Lipinski definition) is 1. The van der Waals surface area contributed by atoms with Gasteiger partial charge in [-0.25, -0.2) is 0 Å². The van der Waals surface area contributed by atoms with Crippen molar-refractivity contribution in [2.75, 3.05) is 23.9 Å². The molecule has 1 N–H and O–H groups in total. The summed E-state index contributed by atoms with van der Waals surface area (Å²) in [6, 6.07) is 17.7. The molecule has 28 heavy (non-hydrogen) atoms. The van der Waals surface area contributed by atoms with E-state index in [0.717, 1.165) is 41.2 Å². The molecule has 0 saturated carbocycles. The summed E-state index contributed by atoms with van der Waals surface area (Å²) in [6.07, 6.45) is 3.62. The second-order valence-corrected chi connectivity index (χ2v) is 6.95. The minimum atomic E-state index is -0.0768. The average molecular weight is 373 g/mol. The van der Waals surface area contributed by atoms with Crippen molar-refractivity contribution in [2.24, 2.45) is 0 Å². The standard InChI is InChI=1S/C23H23N3O2/c1-16-9-10-22(28-2)19(14-16)25-18-11-12-24-20(15-18)23(27)26-13-5-7-17-6-3-4-8-21(17)26/h3-4,6,8-12,14-15H,5,7,13H2,1-2H3,(H,24,25). The first-order valence-corrected chi connectivity index (χ1v) is 9.43. The highest BCUT2D eigenvalue weighted by atomic mass is 16.5. The maximum absolute atomic E-state index is 13.2. The summed E-state index contributed by atoms with van der Waals surface area (Å²) in [5, 5.41) is 3.35. The number of anilines is 3. The number of amides is 1. The molecule has 2 heterocycles. The van der Waals surface area contributed by atoms with Crippen molar-refractivity contribution >= 4 is 23.0 Å². The number of aryl methyl sites for hydroxylation is 2. The van der Waals surface area contributed by atoms with Crippen LogP contribution in [0.3, 0.4) is 0 Å². The molecule has 0 saturated heterocycles. The fraction of sp³-hybridized carbons (Fsp3) is 0.217. The predicted octanol–water partition coefficient (Wildman–Crippen LogP) is 4.74. The minimum Gasteiger partial charge on any atom is -0.495 e. The smallest absolute Gasteiger partial charge is 0.276 e. The SMILES string of the molecule is COc1ccc(C)cc1Nc1ccnc(C(=O)N2CCCc3ccccc32)c1. The van der Waals surface area contributed by atoms with E-state index in [1.165, 1.54) is 5.56 Å². The second kappa shape index (κ2) is 7.72. The van der Waals surface area contributed by atoms with Crippen LogP contribution in [-0.2, 0) is 6.42 Å². The van der Waals surface area contributed by atoms with E-state index in [-0.39, 0.29) is 5.91 Å². The van der Waals surface area contributed by atoms with Gasteiger partial charge in [0.1, 0.15) is 11.4 Å². The van der Waals surface area contributed by atoms with Crippen LogP contribution in [0.15, 0.2) is 60.8 Å². The minimum absolute atomic E-state index is 0.0768. The lowest BCUT2D eigenvalue weighted by atomic mass is 10.0. The van der Waals surface area contributed by atoms with E-state index < -0.39 is 0 Å². The van der Waals surface area contributed by atoms with Crippen molar-refractivity contribution in [1.82, 2.24) is 4.98 Å². The summed E-state index contributed by atoms with van der Waals surface area (Å²) in [7, 11) is 1.64. The third-order valence-electron chi connectivity index (χ3n) is 4.97. The number of fused-ring (bicyclic) bond motifs is 1. The maximum atomic E-state index is 13.2. The molecule has 1 aromatic heterocycles. The Balaban J connectivity index is 1.61. The van der Waals surface area contributed by atoms with Gasteiger partial charge in [-0.15, -0.1) is 0 Å². The molecule has 3 aromatic rings. The third-order valence-corrected chi connectivity index (χ3v) is 4.97. The highest BCUT2D eigenvalue weighted by Crippen LogP contribution is 2.30. The van der Waals surface area contributed by atoms with Gasteiger partial charge in [-0.3, -0.25) is 9.78 Å². The lowest BCUT2D eigenvalue weighted by Gasteiger charge is -2.29. The molecule has 2 aromatic carbocycles. The molecular weight excluding hydrogens is 350 g/mol. The average Bonchev–Trinajstić information content (AvgIpc) is 2.73. The van der Waals surface area contributed by atoms with Gasteiger partial charge in [-0.2, -0.15) is 0 Å². The van der Waals surface area contributed by atoms with Crippen LogP contribution in [-0.4, -0.2) is 24.5 Å². The van der Waals surface area contributed by atoms with E-state index in [1.54, 1.807) is 19.4 Å². The summed E-state index contributed by atoms with van der Waals surface area (Å²) in [6.45, 7) is 2.74. The van der Waals surface area contributed by atoms with E-state index in [2.05, 4.69) is 16.4 Å². The second-order valence-electron chi connectivity index (χ2n) is 6.95. The fourth-order valence-electron chi connectivity index (χ4n) is 3.58. The Morgan fingerprint density at radius 3 is 2.86 bits per heavy atom. The van der Waals surface area contributed by atoms with Crippen LogP contribution in [0.2, 0.25) is 0 Å². The number of rotatable bonds is 4. The summed E-state index contributed by atoms with van der Waals surface area (Å²) in [4.78, 5) is 19.3. The number of methoxy groups -OCH3 is 1. The van der Waals surface area contributed by atoms with Crippen LogP contribution in [0.5, 0.6) is 5.75 Å².